The largest absolute Gasteiger partial charge is 1.00 e. The van der Waals surface area contributed by atoms with E-state index in [0.29, 0.717) is 12.1 Å². The van der Waals surface area contributed by atoms with Crippen molar-refractivity contribution in [2.45, 2.75) is 12.4 Å². The first kappa shape index (κ1) is 26.5. The molecule has 3 aromatic rings. The number of alkyl halides is 6. The van der Waals surface area contributed by atoms with Crippen LogP contribution in [0.15, 0.2) is 59.4 Å². The average molecular weight is 456 g/mol. The number of aromatic nitrogens is 2. The van der Waals surface area contributed by atoms with Crippen molar-refractivity contribution in [3.8, 4) is 23.3 Å². The van der Waals surface area contributed by atoms with Gasteiger partial charge in [-0.25, -0.2) is 4.79 Å². The second kappa shape index (κ2) is 10.2. The minimum absolute atomic E-state index is 0. The van der Waals surface area contributed by atoms with Gasteiger partial charge in [0.05, 0.1) is 17.2 Å². The molecule has 0 aliphatic rings. The molecule has 2 N–H and O–H groups in total. The summed E-state index contributed by atoms with van der Waals surface area (Å²) >= 11 is 0. The van der Waals surface area contributed by atoms with Crippen LogP contribution in [0.3, 0.4) is 0 Å². The van der Waals surface area contributed by atoms with Gasteiger partial charge in [0, 0.05) is 0 Å². The van der Waals surface area contributed by atoms with Gasteiger partial charge in [-0.3, -0.25) is 4.98 Å². The number of hydrogen-bond acceptors (Lipinski definition) is 5. The van der Waals surface area contributed by atoms with Crippen molar-refractivity contribution in [1.82, 2.24) is 9.97 Å². The SMILES string of the molecule is O=c1nc(Oc2cccc(C(F)(F)F)c2)cc(Oc2cccc(C(F)(F)F)c2)[nH]1.[Na+].[OH-]. The maximum atomic E-state index is 12.8. The summed E-state index contributed by atoms with van der Waals surface area (Å²) in [6.07, 6.45) is -9.19. The summed E-state index contributed by atoms with van der Waals surface area (Å²) in [5.74, 6) is -1.20. The Bertz CT molecular complexity index is 1000. The van der Waals surface area contributed by atoms with Gasteiger partial charge in [-0.2, -0.15) is 31.3 Å². The number of nitrogens with zero attached hydrogens (tertiary/aromatic N) is 1. The first-order valence-electron chi connectivity index (χ1n) is 7.82. The number of halogens is 6. The number of aromatic amines is 1. The summed E-state index contributed by atoms with van der Waals surface area (Å²) in [6, 6.07) is 8.75. The Labute approximate surface area is 192 Å². The monoisotopic (exact) mass is 456 g/mol. The van der Waals surface area contributed by atoms with Crippen molar-refractivity contribution in [1.29, 1.82) is 0 Å². The van der Waals surface area contributed by atoms with Crippen LogP contribution in [0.4, 0.5) is 26.3 Å². The first-order chi connectivity index (χ1) is 13.5. The van der Waals surface area contributed by atoms with Gasteiger partial charge in [-0.15, -0.1) is 0 Å². The molecule has 0 saturated carbocycles. The third-order valence-corrected chi connectivity index (χ3v) is 3.47. The van der Waals surface area contributed by atoms with E-state index in [0.717, 1.165) is 30.3 Å². The van der Waals surface area contributed by atoms with Gasteiger partial charge in [0.15, 0.2) is 0 Å². The van der Waals surface area contributed by atoms with Crippen LogP contribution in [0.2, 0.25) is 0 Å². The van der Waals surface area contributed by atoms with Crippen molar-refractivity contribution < 1.29 is 70.8 Å². The molecular formula is C18H11F6N2NaO4. The number of benzene rings is 2. The maximum Gasteiger partial charge on any atom is 1.00 e. The van der Waals surface area contributed by atoms with E-state index in [1.54, 1.807) is 0 Å². The zero-order valence-electron chi connectivity index (χ0n) is 15.6. The quantitative estimate of drug-likeness (QED) is 0.480. The second-order valence-electron chi connectivity index (χ2n) is 5.64. The van der Waals surface area contributed by atoms with Crippen LogP contribution >= 0.6 is 0 Å². The molecule has 0 atom stereocenters. The molecule has 0 saturated heterocycles. The maximum absolute atomic E-state index is 12.8. The number of nitrogens with one attached hydrogen (secondary N) is 1. The van der Waals surface area contributed by atoms with Crippen LogP contribution in [0.25, 0.3) is 0 Å². The van der Waals surface area contributed by atoms with Gasteiger partial charge in [-0.1, -0.05) is 12.1 Å². The molecule has 1 heterocycles. The Morgan fingerprint density at radius 1 is 0.774 bits per heavy atom. The molecule has 0 fully saturated rings. The second-order valence-corrected chi connectivity index (χ2v) is 5.64. The third-order valence-electron chi connectivity index (χ3n) is 3.47. The molecule has 0 radical (unpaired) electrons. The minimum atomic E-state index is -4.60. The summed E-state index contributed by atoms with van der Waals surface area (Å²) in [5.41, 5.74) is -2.91. The number of hydrogen-bond donors (Lipinski definition) is 1. The van der Waals surface area contributed by atoms with Crippen LogP contribution in [-0.4, -0.2) is 15.4 Å². The predicted molar refractivity (Wildman–Crippen MR) is 89.8 cm³/mol. The molecule has 0 amide bonds. The smallest absolute Gasteiger partial charge is 0.870 e. The third kappa shape index (κ3) is 7.28. The van der Waals surface area contributed by atoms with Gasteiger partial charge >= 0.3 is 47.6 Å². The Balaban J connectivity index is 0.00000240. The molecule has 1 aromatic heterocycles. The fourth-order valence-electron chi connectivity index (χ4n) is 2.24. The molecule has 6 nitrogen and oxygen atoms in total. The van der Waals surface area contributed by atoms with Gasteiger partial charge in [0.2, 0.25) is 11.8 Å². The van der Waals surface area contributed by atoms with Crippen LogP contribution in [0.5, 0.6) is 23.3 Å². The predicted octanol–water partition coefficient (Wildman–Crippen LogP) is 2.22. The van der Waals surface area contributed by atoms with Gasteiger partial charge in [-0.05, 0) is 36.4 Å². The topological polar surface area (TPSA) is 94.2 Å². The minimum Gasteiger partial charge on any atom is -0.870 e. The van der Waals surface area contributed by atoms with E-state index in [2.05, 4.69) is 9.97 Å². The molecular weight excluding hydrogens is 445 g/mol. The number of H-pyrrole nitrogens is 1. The molecule has 0 aliphatic heterocycles. The number of ether oxygens (including phenoxy) is 2. The Morgan fingerprint density at radius 2 is 1.26 bits per heavy atom. The molecule has 31 heavy (non-hydrogen) atoms. The summed E-state index contributed by atoms with van der Waals surface area (Å²) < 4.78 is 87.0. The van der Waals surface area contributed by atoms with Crippen LogP contribution in [-0.2, 0) is 12.4 Å². The molecule has 3 rings (SSSR count). The van der Waals surface area contributed by atoms with E-state index in [9.17, 15) is 31.1 Å². The molecule has 2 aromatic carbocycles. The van der Waals surface area contributed by atoms with E-state index >= 15 is 0 Å². The van der Waals surface area contributed by atoms with E-state index in [4.69, 9.17) is 9.47 Å². The molecule has 0 unspecified atom stereocenters. The van der Waals surface area contributed by atoms with E-state index < -0.39 is 35.0 Å². The fraction of sp³-hybridized carbons (Fsp3) is 0.111. The Kier molecular flexibility index (Phi) is 8.70. The van der Waals surface area contributed by atoms with Crippen molar-refractivity contribution in [2.75, 3.05) is 0 Å². The van der Waals surface area contributed by atoms with Crippen molar-refractivity contribution in [2.24, 2.45) is 0 Å². The van der Waals surface area contributed by atoms with Crippen LogP contribution < -0.4 is 44.7 Å². The van der Waals surface area contributed by atoms with Gasteiger partial charge < -0.3 is 14.9 Å². The normalized spacial score (nSPS) is 11.2. The van der Waals surface area contributed by atoms with E-state index in [-0.39, 0.29) is 52.4 Å². The van der Waals surface area contributed by atoms with Gasteiger partial charge in [0.25, 0.3) is 0 Å². The van der Waals surface area contributed by atoms with Crippen molar-refractivity contribution >= 4 is 0 Å². The number of rotatable bonds is 4. The van der Waals surface area contributed by atoms with E-state index in [1.807, 2.05) is 0 Å². The van der Waals surface area contributed by atoms with Crippen LogP contribution in [0.1, 0.15) is 11.1 Å². The molecule has 0 aliphatic carbocycles. The summed E-state index contributed by atoms with van der Waals surface area (Å²) in [6.45, 7) is 0. The molecule has 160 valence electrons. The molecule has 0 spiro atoms. The van der Waals surface area contributed by atoms with Gasteiger partial charge in [0.1, 0.15) is 11.5 Å². The van der Waals surface area contributed by atoms with Crippen molar-refractivity contribution in [3.63, 3.8) is 0 Å². The fourth-order valence-corrected chi connectivity index (χ4v) is 2.24. The summed E-state index contributed by atoms with van der Waals surface area (Å²) in [7, 11) is 0. The van der Waals surface area contributed by atoms with Crippen molar-refractivity contribution in [3.05, 3.63) is 76.2 Å². The zero-order valence-corrected chi connectivity index (χ0v) is 17.6. The molecule has 13 heteroatoms. The van der Waals surface area contributed by atoms with E-state index in [1.165, 1.54) is 12.1 Å². The van der Waals surface area contributed by atoms with Crippen LogP contribution in [0, 0.1) is 0 Å². The first-order valence-corrected chi connectivity index (χ1v) is 7.82. The standard InChI is InChI=1S/C18H10F6N2O3.Na.H2O/c19-17(20,21)10-3-1-5-12(7-10)28-14-9-15(26-16(27)25-14)29-13-6-2-4-11(8-13)18(22,23)24;;/h1-9H,(H,25,26,27);;1H2/q;+1;/p-1. The summed E-state index contributed by atoms with van der Waals surface area (Å²) in [4.78, 5) is 17.2. The molecule has 0 bridgehead atoms. The zero-order chi connectivity index (χ0) is 21.2. The Morgan fingerprint density at radius 3 is 1.74 bits per heavy atom. The Hall–Kier alpha value is -2.54. The average Bonchev–Trinajstić information content (AvgIpc) is 2.60. The summed E-state index contributed by atoms with van der Waals surface area (Å²) in [5, 5.41) is 0.